The lowest BCUT2D eigenvalue weighted by molar-refractivity contribution is -0.133. The van der Waals surface area contributed by atoms with E-state index in [1.807, 2.05) is 4.72 Å². The molecule has 0 fully saturated rings. The summed E-state index contributed by atoms with van der Waals surface area (Å²) < 4.78 is 41.1. The summed E-state index contributed by atoms with van der Waals surface area (Å²) in [6, 6.07) is 17.0. The minimum atomic E-state index is -4.14. The second kappa shape index (κ2) is 13.1. The molecule has 3 aromatic carbocycles. The topological polar surface area (TPSA) is 135 Å². The van der Waals surface area contributed by atoms with Gasteiger partial charge in [-0.05, 0) is 42.2 Å². The molecule has 3 amide bonds. The molecule has 0 heterocycles. The summed E-state index contributed by atoms with van der Waals surface area (Å²) in [5.74, 6) is -3.77. The van der Waals surface area contributed by atoms with Crippen LogP contribution in [0.1, 0.15) is 18.1 Å². The molecule has 0 bridgehead atoms. The highest BCUT2D eigenvalue weighted by Crippen LogP contribution is 2.34. The Bertz CT molecular complexity index is 1500. The monoisotopic (exact) mass is 591 g/mol. The highest BCUT2D eigenvalue weighted by molar-refractivity contribution is 7.90. The van der Waals surface area contributed by atoms with Gasteiger partial charge < -0.3 is 11.1 Å². The number of halogens is 2. The van der Waals surface area contributed by atoms with Crippen LogP contribution in [-0.4, -0.2) is 37.9 Å². The Kier molecular flexibility index (Phi) is 10.1. The number of carbonyl (C=O) groups is 3. The highest BCUT2D eigenvalue weighted by Gasteiger charge is 2.26. The molecule has 1 unspecified atom stereocenters. The van der Waals surface area contributed by atoms with E-state index in [0.717, 1.165) is 6.92 Å². The van der Waals surface area contributed by atoms with Crippen molar-refractivity contribution in [3.05, 3.63) is 88.7 Å². The molecule has 39 heavy (non-hydrogen) atoms. The molecule has 0 saturated carbocycles. The van der Waals surface area contributed by atoms with Gasteiger partial charge in [0.2, 0.25) is 17.7 Å². The van der Waals surface area contributed by atoms with Crippen LogP contribution in [0.15, 0.2) is 71.6 Å². The molecule has 0 aromatic heterocycles. The highest BCUT2D eigenvalue weighted by atomic mass is 35.5. The second-order valence-electron chi connectivity index (χ2n) is 8.83. The van der Waals surface area contributed by atoms with Crippen molar-refractivity contribution in [2.24, 2.45) is 11.7 Å². The Morgan fingerprint density at radius 2 is 1.67 bits per heavy atom. The first kappa shape index (κ1) is 30.1. The molecule has 0 saturated heterocycles. The van der Waals surface area contributed by atoms with Crippen LogP contribution in [0, 0.1) is 11.7 Å². The third kappa shape index (κ3) is 8.04. The van der Waals surface area contributed by atoms with Gasteiger partial charge in [-0.3, -0.25) is 14.4 Å². The standard InChI is InChI=1S/C27H27ClFN3O5S2/c1-16(33)32-39(36,37)25-9-5-3-7-21(25)20-11-10-17(13-23(20)28)12-22(26(30)34)27(35)31-15-19(38)14-18-6-2-4-8-24(18)29/h2-11,13,19,22,38H,12,14-15H2,1H3,(H2,30,34)(H,31,35)(H,32,33)/t19-,22?/m0/s1. The SMILES string of the molecule is CC(=O)NS(=O)(=O)c1ccccc1-c1ccc(CC(C(N)=O)C(=O)NC[C@@H](S)Cc2ccccc2F)cc1Cl. The Labute approximate surface area is 236 Å². The number of benzene rings is 3. The molecule has 0 aliphatic heterocycles. The van der Waals surface area contributed by atoms with E-state index in [0.29, 0.717) is 16.7 Å². The largest absolute Gasteiger partial charge is 0.369 e. The third-order valence-electron chi connectivity index (χ3n) is 5.80. The van der Waals surface area contributed by atoms with Gasteiger partial charge in [0.1, 0.15) is 11.7 Å². The molecule has 0 aliphatic carbocycles. The zero-order valence-corrected chi connectivity index (χ0v) is 23.3. The smallest absolute Gasteiger partial charge is 0.264 e. The Morgan fingerprint density at radius 1 is 1.00 bits per heavy atom. The first-order valence-corrected chi connectivity index (χ1v) is 14.2. The zero-order chi connectivity index (χ0) is 28.7. The van der Waals surface area contributed by atoms with Crippen molar-refractivity contribution in [1.82, 2.24) is 10.0 Å². The number of nitrogens with two attached hydrogens (primary N) is 1. The molecular weight excluding hydrogens is 565 g/mol. The first-order chi connectivity index (χ1) is 18.4. The van der Waals surface area contributed by atoms with E-state index in [-0.39, 0.29) is 40.7 Å². The number of hydrogen-bond acceptors (Lipinski definition) is 6. The average molecular weight is 592 g/mol. The van der Waals surface area contributed by atoms with Crippen LogP contribution in [0.2, 0.25) is 5.02 Å². The Balaban J connectivity index is 1.74. The van der Waals surface area contributed by atoms with Gasteiger partial charge in [-0.15, -0.1) is 0 Å². The van der Waals surface area contributed by atoms with Gasteiger partial charge in [0.25, 0.3) is 10.0 Å². The van der Waals surface area contributed by atoms with Crippen LogP contribution in [0.4, 0.5) is 4.39 Å². The Hall–Kier alpha value is -3.41. The molecule has 3 rings (SSSR count). The summed E-state index contributed by atoms with van der Waals surface area (Å²) in [5, 5.41) is 2.41. The van der Waals surface area contributed by atoms with E-state index in [9.17, 15) is 27.2 Å². The van der Waals surface area contributed by atoms with Gasteiger partial charge in [0, 0.05) is 34.9 Å². The zero-order valence-electron chi connectivity index (χ0n) is 20.9. The van der Waals surface area contributed by atoms with E-state index < -0.39 is 38.9 Å². The van der Waals surface area contributed by atoms with Gasteiger partial charge >= 0.3 is 0 Å². The molecule has 2 atom stereocenters. The number of thiol groups is 1. The maximum atomic E-state index is 13.9. The normalized spacial score (nSPS) is 12.8. The Morgan fingerprint density at radius 3 is 2.31 bits per heavy atom. The van der Waals surface area contributed by atoms with E-state index in [2.05, 4.69) is 17.9 Å². The summed E-state index contributed by atoms with van der Waals surface area (Å²) in [4.78, 5) is 36.1. The minimum absolute atomic E-state index is 0.0580. The minimum Gasteiger partial charge on any atom is -0.369 e. The van der Waals surface area contributed by atoms with Crippen LogP contribution in [0.3, 0.4) is 0 Å². The predicted octanol–water partition coefficient (Wildman–Crippen LogP) is 3.27. The maximum absolute atomic E-state index is 13.9. The van der Waals surface area contributed by atoms with Crippen LogP contribution < -0.4 is 15.8 Å². The second-order valence-corrected chi connectivity index (χ2v) is 11.6. The number of sulfonamides is 1. The third-order valence-corrected chi connectivity index (χ3v) is 7.97. The summed E-state index contributed by atoms with van der Waals surface area (Å²) in [5.41, 5.74) is 7.11. The quantitative estimate of drug-likeness (QED) is 0.200. The molecule has 3 aromatic rings. The average Bonchev–Trinajstić information content (AvgIpc) is 2.86. The molecule has 206 valence electrons. The number of hydrogen-bond donors (Lipinski definition) is 4. The fraction of sp³-hybridized carbons (Fsp3) is 0.222. The van der Waals surface area contributed by atoms with Crippen molar-refractivity contribution in [2.45, 2.75) is 29.9 Å². The summed E-state index contributed by atoms with van der Waals surface area (Å²) >= 11 is 10.9. The van der Waals surface area contributed by atoms with Gasteiger partial charge in [-0.25, -0.2) is 17.5 Å². The van der Waals surface area contributed by atoms with Crippen LogP contribution in [-0.2, 0) is 37.2 Å². The number of nitrogens with one attached hydrogen (secondary N) is 2. The molecule has 4 N–H and O–H groups in total. The summed E-state index contributed by atoms with van der Waals surface area (Å²) in [6.45, 7) is 1.17. The lowest BCUT2D eigenvalue weighted by Crippen LogP contribution is -2.42. The van der Waals surface area contributed by atoms with Gasteiger partial charge in [0.05, 0.1) is 4.90 Å². The molecule has 8 nitrogen and oxygen atoms in total. The van der Waals surface area contributed by atoms with Gasteiger partial charge in [-0.2, -0.15) is 12.6 Å². The van der Waals surface area contributed by atoms with E-state index in [4.69, 9.17) is 17.3 Å². The number of amides is 3. The van der Waals surface area contributed by atoms with Crippen molar-refractivity contribution >= 4 is 52.0 Å². The first-order valence-electron chi connectivity index (χ1n) is 11.8. The number of primary amides is 1. The molecule has 12 heteroatoms. The van der Waals surface area contributed by atoms with Crippen molar-refractivity contribution in [3.63, 3.8) is 0 Å². The molecular formula is C27H27ClFN3O5S2. The van der Waals surface area contributed by atoms with Crippen molar-refractivity contribution in [1.29, 1.82) is 0 Å². The van der Waals surface area contributed by atoms with Crippen LogP contribution >= 0.6 is 24.2 Å². The maximum Gasteiger partial charge on any atom is 0.264 e. The number of rotatable bonds is 11. The van der Waals surface area contributed by atoms with Crippen LogP contribution in [0.5, 0.6) is 0 Å². The van der Waals surface area contributed by atoms with E-state index >= 15 is 0 Å². The fourth-order valence-corrected chi connectivity index (χ4v) is 5.77. The summed E-state index contributed by atoms with van der Waals surface area (Å²) in [6.07, 6.45) is 0.213. The van der Waals surface area contributed by atoms with E-state index in [1.165, 1.54) is 24.3 Å². The van der Waals surface area contributed by atoms with Gasteiger partial charge in [0.15, 0.2) is 0 Å². The van der Waals surface area contributed by atoms with E-state index in [1.54, 1.807) is 42.5 Å². The van der Waals surface area contributed by atoms with Crippen LogP contribution in [0.25, 0.3) is 11.1 Å². The molecule has 0 radical (unpaired) electrons. The van der Waals surface area contributed by atoms with Crippen molar-refractivity contribution in [3.8, 4) is 11.1 Å². The molecule has 0 spiro atoms. The predicted molar refractivity (Wildman–Crippen MR) is 150 cm³/mol. The van der Waals surface area contributed by atoms with Crippen molar-refractivity contribution in [2.75, 3.05) is 6.54 Å². The summed E-state index contributed by atoms with van der Waals surface area (Å²) in [7, 11) is -4.14. The number of carbonyl (C=O) groups excluding carboxylic acids is 3. The lowest BCUT2D eigenvalue weighted by atomic mass is 9.95. The molecule has 0 aliphatic rings. The lowest BCUT2D eigenvalue weighted by Gasteiger charge is -2.17. The van der Waals surface area contributed by atoms with Crippen molar-refractivity contribution < 1.29 is 27.2 Å². The van der Waals surface area contributed by atoms with Gasteiger partial charge in [-0.1, -0.05) is 60.1 Å². The fourth-order valence-electron chi connectivity index (χ4n) is 3.96.